The second kappa shape index (κ2) is 7.43. The monoisotopic (exact) mass is 374 g/mol. The second-order valence-corrected chi connectivity index (χ2v) is 8.67. The smallest absolute Gasteiger partial charge is 0.273 e. The molecular weight excluding hydrogens is 352 g/mol. The lowest BCUT2D eigenvalue weighted by Crippen LogP contribution is -2.44. The predicted molar refractivity (Wildman–Crippen MR) is 101 cm³/mol. The van der Waals surface area contributed by atoms with Gasteiger partial charge in [-0.3, -0.25) is 14.7 Å². The number of aromatic nitrogens is 2. The van der Waals surface area contributed by atoms with E-state index < -0.39 is 0 Å². The van der Waals surface area contributed by atoms with Crippen molar-refractivity contribution < 1.29 is 4.79 Å². The van der Waals surface area contributed by atoms with Crippen molar-refractivity contribution in [1.29, 1.82) is 0 Å². The zero-order chi connectivity index (χ0) is 17.2. The third-order valence-corrected chi connectivity index (χ3v) is 6.95. The van der Waals surface area contributed by atoms with Crippen LogP contribution >= 0.6 is 23.1 Å². The minimum atomic E-state index is 0.0909. The highest BCUT2D eigenvalue weighted by Crippen LogP contribution is 2.30. The lowest BCUT2D eigenvalue weighted by atomic mass is 9.95. The average molecular weight is 375 g/mol. The molecule has 3 saturated heterocycles. The Morgan fingerprint density at radius 3 is 3.00 bits per heavy atom. The van der Waals surface area contributed by atoms with Gasteiger partial charge >= 0.3 is 0 Å². The summed E-state index contributed by atoms with van der Waals surface area (Å²) in [5.74, 6) is 0.637. The third kappa shape index (κ3) is 3.73. The zero-order valence-electron chi connectivity index (χ0n) is 14.3. The summed E-state index contributed by atoms with van der Waals surface area (Å²) in [5.41, 5.74) is 1.71. The third-order valence-electron chi connectivity index (χ3n) is 5.08. The SMILES string of the molecule is CSc1nc(C(=O)N2C[C@@H]3CC[C@H](C2)N(Cc2ccccn2)C3)cs1. The highest BCUT2D eigenvalue weighted by atomic mass is 32.2. The van der Waals surface area contributed by atoms with Crippen molar-refractivity contribution in [1.82, 2.24) is 19.8 Å². The van der Waals surface area contributed by atoms with Gasteiger partial charge < -0.3 is 4.90 Å². The summed E-state index contributed by atoms with van der Waals surface area (Å²) in [6.07, 6.45) is 6.22. The molecule has 5 heterocycles. The molecule has 0 saturated carbocycles. The van der Waals surface area contributed by atoms with Crippen molar-refractivity contribution in [2.75, 3.05) is 25.9 Å². The van der Waals surface area contributed by atoms with Crippen LogP contribution in [0.5, 0.6) is 0 Å². The maximum absolute atomic E-state index is 12.9. The quantitative estimate of drug-likeness (QED) is 0.770. The van der Waals surface area contributed by atoms with Crippen molar-refractivity contribution >= 4 is 29.0 Å². The van der Waals surface area contributed by atoms with Gasteiger partial charge in [0, 0.05) is 43.8 Å². The minimum absolute atomic E-state index is 0.0909. The van der Waals surface area contributed by atoms with Crippen molar-refractivity contribution in [2.45, 2.75) is 29.8 Å². The molecule has 0 N–H and O–H groups in total. The molecule has 0 radical (unpaired) electrons. The first-order chi connectivity index (χ1) is 12.2. The van der Waals surface area contributed by atoms with Crippen LogP contribution in [-0.2, 0) is 6.54 Å². The number of nitrogens with zero attached hydrogens (tertiary/aromatic N) is 4. The summed E-state index contributed by atoms with van der Waals surface area (Å²) in [4.78, 5) is 26.4. The molecule has 25 heavy (non-hydrogen) atoms. The number of thiazole rings is 1. The number of piperidine rings is 1. The van der Waals surface area contributed by atoms with E-state index in [9.17, 15) is 4.79 Å². The first-order valence-corrected chi connectivity index (χ1v) is 10.8. The Bertz CT molecular complexity index is 736. The number of hydrogen-bond donors (Lipinski definition) is 0. The van der Waals surface area contributed by atoms with E-state index in [-0.39, 0.29) is 5.91 Å². The molecule has 0 unspecified atom stereocenters. The van der Waals surface area contributed by atoms with Crippen molar-refractivity contribution in [2.24, 2.45) is 5.92 Å². The predicted octanol–water partition coefficient (Wildman–Crippen LogP) is 3.00. The Balaban J connectivity index is 1.48. The van der Waals surface area contributed by atoms with Gasteiger partial charge in [-0.2, -0.15) is 0 Å². The molecule has 2 aromatic heterocycles. The number of pyridine rings is 1. The van der Waals surface area contributed by atoms with Crippen molar-refractivity contribution in [3.8, 4) is 0 Å². The van der Waals surface area contributed by atoms with E-state index in [2.05, 4.69) is 20.9 Å². The summed E-state index contributed by atoms with van der Waals surface area (Å²) in [6, 6.07) is 6.50. The lowest BCUT2D eigenvalue weighted by Gasteiger charge is -2.35. The summed E-state index contributed by atoms with van der Waals surface area (Å²) in [6.45, 7) is 3.57. The number of fused-ring (bicyclic) bond motifs is 4. The molecule has 2 atom stereocenters. The van der Waals surface area contributed by atoms with Gasteiger partial charge in [-0.1, -0.05) is 17.8 Å². The fourth-order valence-electron chi connectivity index (χ4n) is 3.85. The topological polar surface area (TPSA) is 49.3 Å². The van der Waals surface area contributed by atoms with Gasteiger partial charge in [0.15, 0.2) is 0 Å². The molecule has 5 nitrogen and oxygen atoms in total. The van der Waals surface area contributed by atoms with E-state index in [1.165, 1.54) is 6.42 Å². The van der Waals surface area contributed by atoms with Gasteiger partial charge in [0.2, 0.25) is 0 Å². The Labute approximate surface area is 156 Å². The van der Waals surface area contributed by atoms with E-state index in [4.69, 9.17) is 0 Å². The van der Waals surface area contributed by atoms with Gasteiger partial charge in [0.05, 0.1) is 5.69 Å². The first-order valence-electron chi connectivity index (χ1n) is 8.65. The molecule has 5 rings (SSSR count). The minimum Gasteiger partial charge on any atom is -0.335 e. The van der Waals surface area contributed by atoms with E-state index in [0.717, 1.165) is 42.6 Å². The van der Waals surface area contributed by atoms with E-state index in [0.29, 0.717) is 17.7 Å². The number of hydrogen-bond acceptors (Lipinski definition) is 6. The Hall–Kier alpha value is -1.44. The Kier molecular flexibility index (Phi) is 5.05. The molecule has 2 bridgehead atoms. The number of amides is 1. The number of carbonyl (C=O) groups is 1. The fraction of sp³-hybridized carbons (Fsp3) is 0.500. The number of rotatable bonds is 4. The first kappa shape index (κ1) is 17.0. The van der Waals surface area contributed by atoms with Gasteiger partial charge in [-0.05, 0) is 37.1 Å². The summed E-state index contributed by atoms with van der Waals surface area (Å²) in [5, 5.41) is 1.90. The molecule has 0 spiro atoms. The molecule has 0 aromatic carbocycles. The maximum atomic E-state index is 12.9. The Morgan fingerprint density at radius 2 is 2.24 bits per heavy atom. The Morgan fingerprint density at radius 1 is 1.32 bits per heavy atom. The van der Waals surface area contributed by atoms with Crippen molar-refractivity contribution in [3.05, 3.63) is 41.2 Å². The molecule has 132 valence electrons. The number of carbonyl (C=O) groups excluding carboxylic acids is 1. The molecule has 2 aromatic rings. The van der Waals surface area contributed by atoms with Crippen LogP contribution < -0.4 is 0 Å². The van der Waals surface area contributed by atoms with Crippen LogP contribution in [0.3, 0.4) is 0 Å². The van der Waals surface area contributed by atoms with Crippen LogP contribution in [0.15, 0.2) is 34.1 Å². The summed E-state index contributed by atoms with van der Waals surface area (Å²) in [7, 11) is 0. The van der Waals surface area contributed by atoms with Gasteiger partial charge in [0.25, 0.3) is 5.91 Å². The normalized spacial score (nSPS) is 23.6. The molecule has 3 aliphatic heterocycles. The lowest BCUT2D eigenvalue weighted by molar-refractivity contribution is 0.0730. The van der Waals surface area contributed by atoms with Crippen LogP contribution in [0.2, 0.25) is 0 Å². The van der Waals surface area contributed by atoms with Crippen LogP contribution in [0, 0.1) is 5.92 Å². The van der Waals surface area contributed by atoms with Gasteiger partial charge in [-0.15, -0.1) is 11.3 Å². The number of thioether (sulfide) groups is 1. The molecular formula is C18H22N4OS2. The van der Waals surface area contributed by atoms with Crippen LogP contribution in [0.4, 0.5) is 0 Å². The molecule has 0 aliphatic carbocycles. The molecule has 1 amide bonds. The summed E-state index contributed by atoms with van der Waals surface area (Å²) >= 11 is 3.15. The van der Waals surface area contributed by atoms with Gasteiger partial charge in [0.1, 0.15) is 10.0 Å². The van der Waals surface area contributed by atoms with E-state index in [1.807, 2.05) is 34.9 Å². The largest absolute Gasteiger partial charge is 0.335 e. The van der Waals surface area contributed by atoms with E-state index in [1.54, 1.807) is 23.1 Å². The fourth-order valence-corrected chi connectivity index (χ4v) is 5.09. The maximum Gasteiger partial charge on any atom is 0.273 e. The van der Waals surface area contributed by atoms with E-state index >= 15 is 0 Å². The van der Waals surface area contributed by atoms with Crippen LogP contribution in [0.25, 0.3) is 0 Å². The highest BCUT2D eigenvalue weighted by Gasteiger charge is 2.37. The van der Waals surface area contributed by atoms with Crippen LogP contribution in [0.1, 0.15) is 29.0 Å². The molecule has 3 fully saturated rings. The molecule has 3 aliphatic rings. The summed E-state index contributed by atoms with van der Waals surface area (Å²) < 4.78 is 0.956. The molecule has 7 heteroatoms. The highest BCUT2D eigenvalue weighted by molar-refractivity contribution is 8.00. The van der Waals surface area contributed by atoms with Crippen molar-refractivity contribution in [3.63, 3.8) is 0 Å². The zero-order valence-corrected chi connectivity index (χ0v) is 15.9. The average Bonchev–Trinajstić information content (AvgIpc) is 2.95. The van der Waals surface area contributed by atoms with Gasteiger partial charge in [-0.25, -0.2) is 4.98 Å². The standard InChI is InChI=1S/C18H22N4OS2/c1-24-18-20-16(12-25-18)17(23)22-9-13-5-6-15(11-22)21(8-13)10-14-4-2-3-7-19-14/h2-4,7,12-13,15H,5-6,8-11H2,1H3/t13-,15-/m1/s1. The second-order valence-electron chi connectivity index (χ2n) is 6.76. The van der Waals surface area contributed by atoms with Crippen LogP contribution in [-0.4, -0.2) is 57.6 Å².